The summed E-state index contributed by atoms with van der Waals surface area (Å²) in [5, 5.41) is 2.25. The Labute approximate surface area is 889 Å². The van der Waals surface area contributed by atoms with Gasteiger partial charge in [-0.3, -0.25) is 0 Å². The number of alkyl halides is 3. The van der Waals surface area contributed by atoms with Crippen LogP contribution in [0.15, 0.2) is 62.0 Å². The van der Waals surface area contributed by atoms with Crippen molar-refractivity contribution in [2.45, 2.75) is 224 Å². The first-order valence-corrected chi connectivity index (χ1v) is 63.8. The van der Waals surface area contributed by atoms with Gasteiger partial charge < -0.3 is 48.2 Å². The lowest BCUT2D eigenvalue weighted by atomic mass is 9.90. The number of aryl methyl sites for hydroxylation is 1. The molecule has 47 heteroatoms. The lowest BCUT2D eigenvalue weighted by molar-refractivity contribution is -0.130. The summed E-state index contributed by atoms with van der Waals surface area (Å²) in [5.74, 6) is 15.1. The van der Waals surface area contributed by atoms with Crippen LogP contribution in [0.4, 0.5) is 42.9 Å². The van der Waals surface area contributed by atoms with Crippen LogP contribution in [0.25, 0.3) is 0 Å². The van der Waals surface area contributed by atoms with Crippen LogP contribution in [0.1, 0.15) is 186 Å². The SMILES string of the molecule is CCS(=O)(=O)N1CC[C@@H](OCC[C@@H]2C[C@@H]2C2CCN(c3ncc(C)cn3)CC2)C1.CCS(=O)(=O)N1CC[C@H](OCC[C@@H]2C[C@@H]2C2CCN(c3ncc(Cl)cn3)CC2)C1.CS(=O)(=O)N1CC[C@@H](OCC[C@@H]2C[C@@H]2C2CCN(c3ncc(Cl)cn3)CC2)C1.CS(=O)(=O)N1CC[C@H](OCC[C@@H]2C[C@@H]2C2CCN(c3ncc(Cl)cn3)CC2)C1.O=S(=O)(CCC(F)(F)F)N1CC[C@@H](OCC[C@@H]2C[C@@H]2C2CCN(c3ncc(Cl)cn3)CC2)C1. The number of anilines is 5. The van der Waals surface area contributed by atoms with Crippen LogP contribution < -0.4 is 24.5 Å². The van der Waals surface area contributed by atoms with Crippen molar-refractivity contribution in [2.75, 3.05) is 218 Å². The summed E-state index contributed by atoms with van der Waals surface area (Å²) in [5.41, 5.74) is 1.10. The molecule has 15 aliphatic rings. The van der Waals surface area contributed by atoms with Crippen molar-refractivity contribution in [3.05, 3.63) is 87.6 Å². The van der Waals surface area contributed by atoms with E-state index in [1.54, 1.807) is 72.0 Å². The Bertz CT molecular complexity index is 5310. The van der Waals surface area contributed by atoms with Crippen LogP contribution in [0.3, 0.4) is 0 Å². The van der Waals surface area contributed by atoms with E-state index in [4.69, 9.17) is 70.1 Å². The van der Waals surface area contributed by atoms with E-state index in [1.807, 2.05) is 19.3 Å². The summed E-state index contributed by atoms with van der Waals surface area (Å²) in [6, 6.07) is 0. The third kappa shape index (κ3) is 33.9. The Morgan fingerprint density at radius 2 is 0.497 bits per heavy atom. The third-order valence-corrected chi connectivity index (χ3v) is 42.3. The molecule has 20 rings (SSSR count). The average Bonchev–Trinajstić information content (AvgIpc) is 1.66. The molecule has 822 valence electrons. The molecular formula is C100H153Cl4F3N20O15S5. The van der Waals surface area contributed by atoms with E-state index in [1.165, 1.54) is 105 Å². The van der Waals surface area contributed by atoms with Gasteiger partial charge in [0.2, 0.25) is 79.9 Å². The minimum Gasteiger partial charge on any atom is -0.377 e. The Kier molecular flexibility index (Phi) is 40.4. The fraction of sp³-hybridized carbons (Fsp3) is 0.800. The summed E-state index contributed by atoms with van der Waals surface area (Å²) in [6.45, 7) is 23.9. The molecule has 10 aliphatic heterocycles. The topological polar surface area (TPSA) is 378 Å². The summed E-state index contributed by atoms with van der Waals surface area (Å²) in [7, 11) is -16.2. The maximum atomic E-state index is 12.4. The summed E-state index contributed by atoms with van der Waals surface area (Å²) < 4.78 is 193. The molecule has 5 aromatic heterocycles. The number of hydrogen-bond acceptors (Lipinski definition) is 30. The summed E-state index contributed by atoms with van der Waals surface area (Å²) in [4.78, 5) is 54.8. The average molecular weight is 2230 g/mol. The van der Waals surface area contributed by atoms with Gasteiger partial charge in [0.15, 0.2) is 0 Å². The number of piperidine rings is 5. The van der Waals surface area contributed by atoms with Crippen molar-refractivity contribution in [1.29, 1.82) is 0 Å². The fourth-order valence-electron chi connectivity index (χ4n) is 24.2. The van der Waals surface area contributed by atoms with Gasteiger partial charge >= 0.3 is 6.18 Å². The normalized spacial score (nSPS) is 28.7. The van der Waals surface area contributed by atoms with Crippen molar-refractivity contribution in [3.8, 4) is 0 Å². The second-order valence-corrected chi connectivity index (χ2v) is 55.7. The Morgan fingerprint density at radius 3 is 0.694 bits per heavy atom. The first-order valence-electron chi connectivity index (χ1n) is 53.7. The zero-order valence-electron chi connectivity index (χ0n) is 85.8. The monoisotopic (exact) mass is 2230 g/mol. The van der Waals surface area contributed by atoms with E-state index in [0.29, 0.717) is 103 Å². The predicted octanol–water partition coefficient (Wildman–Crippen LogP) is 13.9. The standard InChI is InChI=1S/C21H30ClF3N4O3S.C21H34N4O3S.C20H31ClN4O3S.2C19H29ClN4O3S/c22-17-12-26-20(27-13-17)28-6-1-15(2-7-28)19-11-16(19)4-9-32-18-3-8-29(14-18)33(30,31)10-5-21(23,24)25;1-3-29(26,27)25-10-6-19(15-25)28-11-7-18-12-20(18)17-4-8-24(9-5-17)21-22-13-16(2)14-23-21;1-2-29(26,27)25-9-5-18(14-25)28-10-6-16-11-19(16)15-3-7-24(8-4-15)20-22-12-17(21)13-23-20;2*1-28(25,26)24-8-4-17(13-24)27-9-5-15-10-18(15)14-2-6-23(7-3-14)19-21-11-16(20)12-22-19/h12-13,15-16,18-19H,1-11,14H2;13-14,17-20H,3-12,15H2,1-2H3;12-13,15-16,18-19H,2-11,14H2,1H3;2*11-12,14-15,17-18H,2-10,13H2,1H3/t16-,18-,19-;18-,19-,20-;16-,18+,19-;15-,17+,18-;15-,17-,18-/m11111/s1. The zero-order chi connectivity index (χ0) is 104. The van der Waals surface area contributed by atoms with E-state index >= 15 is 0 Å². The number of nitrogens with zero attached hydrogens (tertiary/aromatic N) is 20. The summed E-state index contributed by atoms with van der Waals surface area (Å²) >= 11 is 23.5. The lowest BCUT2D eigenvalue weighted by Crippen LogP contribution is -2.35. The van der Waals surface area contributed by atoms with E-state index in [9.17, 15) is 55.3 Å². The fourth-order valence-corrected chi connectivity index (χ4v) is 30.1. The molecule has 15 fully saturated rings. The molecule has 15 heterocycles. The second-order valence-electron chi connectivity index (χ2n) is 43.4. The highest BCUT2D eigenvalue weighted by Crippen LogP contribution is 2.55. The molecule has 0 N–H and O–H groups in total. The van der Waals surface area contributed by atoms with Gasteiger partial charge in [0, 0.05) is 176 Å². The van der Waals surface area contributed by atoms with Crippen LogP contribution in [0.5, 0.6) is 0 Å². The molecule has 5 aromatic rings. The maximum Gasteiger partial charge on any atom is 0.390 e. The molecule has 0 bridgehead atoms. The molecular weight excluding hydrogens is 2080 g/mol. The number of ether oxygens (including phenoxy) is 5. The first-order chi connectivity index (χ1) is 70.3. The van der Waals surface area contributed by atoms with Gasteiger partial charge in [-0.15, -0.1) is 0 Å². The largest absolute Gasteiger partial charge is 0.390 e. The number of aromatic nitrogens is 10. The highest BCUT2D eigenvalue weighted by atomic mass is 35.5. The second kappa shape index (κ2) is 52.0. The van der Waals surface area contributed by atoms with Crippen molar-refractivity contribution >= 4 is 126 Å². The Hall–Kier alpha value is -5.30. The van der Waals surface area contributed by atoms with Crippen molar-refractivity contribution < 1.29 is 78.9 Å². The number of halogens is 7. The molecule has 15 atom stereocenters. The summed E-state index contributed by atoms with van der Waals surface area (Å²) in [6.07, 6.45) is 41.3. The molecule has 0 amide bonds. The van der Waals surface area contributed by atoms with Gasteiger partial charge in [-0.2, -0.15) is 34.7 Å². The Balaban J connectivity index is 0.000000131. The van der Waals surface area contributed by atoms with Crippen molar-refractivity contribution in [3.63, 3.8) is 0 Å². The molecule has 0 aromatic carbocycles. The van der Waals surface area contributed by atoms with Crippen LogP contribution in [0.2, 0.25) is 20.1 Å². The minimum absolute atomic E-state index is 0.0644. The van der Waals surface area contributed by atoms with Gasteiger partial charge in [-0.05, 0) is 276 Å². The van der Waals surface area contributed by atoms with E-state index < -0.39 is 68.5 Å². The minimum atomic E-state index is -4.47. The molecule has 5 saturated carbocycles. The van der Waals surface area contributed by atoms with Gasteiger partial charge in [-0.25, -0.2) is 91.9 Å². The third-order valence-electron chi connectivity index (χ3n) is 33.5. The van der Waals surface area contributed by atoms with Crippen LogP contribution >= 0.6 is 46.4 Å². The lowest BCUT2D eigenvalue weighted by Gasteiger charge is -2.32. The smallest absolute Gasteiger partial charge is 0.377 e. The highest BCUT2D eigenvalue weighted by Gasteiger charge is 2.50. The van der Waals surface area contributed by atoms with E-state index in [-0.39, 0.29) is 55.1 Å². The van der Waals surface area contributed by atoms with Gasteiger partial charge in [-0.1, -0.05) is 46.4 Å². The number of rotatable bonds is 39. The van der Waals surface area contributed by atoms with Gasteiger partial charge in [0.1, 0.15) is 0 Å². The van der Waals surface area contributed by atoms with Gasteiger partial charge in [0.05, 0.1) is 136 Å². The molecule has 147 heavy (non-hydrogen) atoms. The maximum absolute atomic E-state index is 12.4. The van der Waals surface area contributed by atoms with Crippen LogP contribution in [0, 0.1) is 95.7 Å². The molecule has 35 nitrogen and oxygen atoms in total. The van der Waals surface area contributed by atoms with Crippen molar-refractivity contribution in [1.82, 2.24) is 71.4 Å². The molecule has 0 radical (unpaired) electrons. The molecule has 5 aliphatic carbocycles. The Morgan fingerprint density at radius 1 is 0.299 bits per heavy atom. The van der Waals surface area contributed by atoms with Crippen LogP contribution in [-0.2, 0) is 73.8 Å². The molecule has 0 unspecified atom stereocenters. The number of hydrogen-bond donors (Lipinski definition) is 0. The van der Waals surface area contributed by atoms with Crippen molar-refractivity contribution in [2.24, 2.45) is 88.8 Å². The highest BCUT2D eigenvalue weighted by molar-refractivity contribution is 7.89. The number of sulfonamides is 5. The van der Waals surface area contributed by atoms with Crippen LogP contribution in [-0.4, -0.2) is 344 Å². The first kappa shape index (κ1) is 114. The van der Waals surface area contributed by atoms with E-state index in [0.717, 1.165) is 273 Å². The quantitative estimate of drug-likeness (QED) is 0.0352. The van der Waals surface area contributed by atoms with E-state index in [2.05, 4.69) is 74.3 Å². The van der Waals surface area contributed by atoms with Gasteiger partial charge in [0.25, 0.3) is 0 Å². The predicted molar refractivity (Wildman–Crippen MR) is 563 cm³/mol. The zero-order valence-corrected chi connectivity index (χ0v) is 92.9. The molecule has 0 spiro atoms. The molecule has 10 saturated heterocycles.